The summed E-state index contributed by atoms with van der Waals surface area (Å²) < 4.78 is 66.0. The van der Waals surface area contributed by atoms with E-state index in [4.69, 9.17) is 4.74 Å². The molecule has 0 fully saturated rings. The Morgan fingerprint density at radius 1 is 1.19 bits per heavy atom. The van der Waals surface area contributed by atoms with Crippen molar-refractivity contribution in [3.8, 4) is 11.4 Å². The summed E-state index contributed by atoms with van der Waals surface area (Å²) in [6.45, 7) is 0.429. The molecule has 12 heteroatoms. The van der Waals surface area contributed by atoms with Crippen LogP contribution >= 0.6 is 0 Å². The number of nitrogens with zero attached hydrogens (tertiary/aromatic N) is 3. The lowest BCUT2D eigenvalue weighted by molar-refractivity contribution is -0.153. The first-order valence-corrected chi connectivity index (χ1v) is 11.6. The molecule has 0 bridgehead atoms. The highest BCUT2D eigenvalue weighted by atomic mass is 32.2. The number of nitrogens with one attached hydrogen (secondary N) is 1. The van der Waals surface area contributed by atoms with Gasteiger partial charge < -0.3 is 10.1 Å². The largest absolute Gasteiger partial charge is 0.484 e. The lowest BCUT2D eigenvalue weighted by Crippen LogP contribution is -2.32. The Morgan fingerprint density at radius 3 is 2.50 bits per heavy atom. The number of sulfone groups is 1. The van der Waals surface area contributed by atoms with Crippen molar-refractivity contribution >= 4 is 20.9 Å². The van der Waals surface area contributed by atoms with Crippen LogP contribution in [0.5, 0.6) is 5.75 Å². The van der Waals surface area contributed by atoms with Crippen LogP contribution in [0.25, 0.3) is 16.7 Å². The average molecular weight is 470 g/mol. The topological polar surface area (TPSA) is 103 Å². The van der Waals surface area contributed by atoms with E-state index in [2.05, 4.69) is 15.3 Å². The van der Waals surface area contributed by atoms with Crippen molar-refractivity contribution < 1.29 is 26.3 Å². The third kappa shape index (κ3) is 6.04. The fourth-order valence-electron chi connectivity index (χ4n) is 2.98. The lowest BCUT2D eigenvalue weighted by Gasteiger charge is -2.19. The maximum absolute atomic E-state index is 13.2. The van der Waals surface area contributed by atoms with Crippen LogP contribution in [0.1, 0.15) is 18.8 Å². The molecule has 1 aromatic carbocycles. The fourth-order valence-corrected chi connectivity index (χ4v) is 3.47. The number of halogens is 3. The summed E-state index contributed by atoms with van der Waals surface area (Å²) >= 11 is 0. The average Bonchev–Trinajstić information content (AvgIpc) is 2.71. The quantitative estimate of drug-likeness (QED) is 0.539. The molecule has 0 saturated heterocycles. The standard InChI is InChI=1S/C20H21F3N4O4S/c1-13(24-10-11-32(2,29)30)18-26-17-16(4-3-9-25-17)19(28)27(18)14-5-7-15(8-6-14)31-12-20(21,22)23/h3-9,13,24H,10-12H2,1-2H3. The maximum atomic E-state index is 13.2. The minimum atomic E-state index is -4.47. The predicted molar refractivity (Wildman–Crippen MR) is 113 cm³/mol. The van der Waals surface area contributed by atoms with E-state index < -0.39 is 34.2 Å². The molecule has 1 atom stereocenters. The van der Waals surface area contributed by atoms with Crippen molar-refractivity contribution in [1.29, 1.82) is 0 Å². The molecule has 0 spiro atoms. The number of rotatable bonds is 8. The van der Waals surface area contributed by atoms with Crippen LogP contribution in [-0.2, 0) is 9.84 Å². The van der Waals surface area contributed by atoms with E-state index in [1.807, 2.05) is 0 Å². The summed E-state index contributed by atoms with van der Waals surface area (Å²) in [5.41, 5.74) is 0.170. The van der Waals surface area contributed by atoms with E-state index in [1.165, 1.54) is 35.0 Å². The molecule has 0 radical (unpaired) electrons. The first-order chi connectivity index (χ1) is 14.9. The second-order valence-corrected chi connectivity index (χ2v) is 9.45. The molecule has 0 aliphatic rings. The molecule has 2 heterocycles. The highest BCUT2D eigenvalue weighted by molar-refractivity contribution is 7.90. The van der Waals surface area contributed by atoms with Gasteiger partial charge in [-0.3, -0.25) is 9.36 Å². The van der Waals surface area contributed by atoms with E-state index in [0.717, 1.165) is 6.26 Å². The highest BCUT2D eigenvalue weighted by Gasteiger charge is 2.28. The van der Waals surface area contributed by atoms with Gasteiger partial charge in [-0.15, -0.1) is 0 Å². The van der Waals surface area contributed by atoms with Gasteiger partial charge >= 0.3 is 6.18 Å². The van der Waals surface area contributed by atoms with Gasteiger partial charge in [0.05, 0.1) is 22.9 Å². The van der Waals surface area contributed by atoms with Gasteiger partial charge in [0.25, 0.3) is 5.56 Å². The molecule has 8 nitrogen and oxygen atoms in total. The molecule has 0 aliphatic carbocycles. The zero-order valence-electron chi connectivity index (χ0n) is 17.3. The number of pyridine rings is 1. The van der Waals surface area contributed by atoms with Gasteiger partial charge in [0.15, 0.2) is 12.3 Å². The molecular formula is C20H21F3N4O4S. The second-order valence-electron chi connectivity index (χ2n) is 7.19. The number of hydrogen-bond acceptors (Lipinski definition) is 7. The predicted octanol–water partition coefficient (Wildman–Crippen LogP) is 2.42. The zero-order valence-corrected chi connectivity index (χ0v) is 18.1. The lowest BCUT2D eigenvalue weighted by atomic mass is 10.2. The van der Waals surface area contributed by atoms with E-state index in [1.54, 1.807) is 19.1 Å². The fraction of sp³-hybridized carbons (Fsp3) is 0.350. The zero-order chi connectivity index (χ0) is 23.5. The van der Waals surface area contributed by atoms with Gasteiger partial charge in [0.2, 0.25) is 0 Å². The third-order valence-corrected chi connectivity index (χ3v) is 5.42. The van der Waals surface area contributed by atoms with Gasteiger partial charge in [-0.2, -0.15) is 13.2 Å². The van der Waals surface area contributed by atoms with Crippen LogP contribution < -0.4 is 15.6 Å². The molecule has 1 N–H and O–H groups in total. The molecule has 0 saturated carbocycles. The van der Waals surface area contributed by atoms with Crippen molar-refractivity contribution in [3.05, 3.63) is 58.8 Å². The first-order valence-electron chi connectivity index (χ1n) is 9.53. The van der Waals surface area contributed by atoms with Crippen molar-refractivity contribution in [2.45, 2.75) is 19.1 Å². The van der Waals surface area contributed by atoms with E-state index in [0.29, 0.717) is 5.69 Å². The molecule has 3 rings (SSSR count). The van der Waals surface area contributed by atoms with Crippen molar-refractivity contribution in [1.82, 2.24) is 19.9 Å². The van der Waals surface area contributed by atoms with Crippen LogP contribution in [0, 0.1) is 0 Å². The summed E-state index contributed by atoms with van der Waals surface area (Å²) in [4.78, 5) is 21.8. The van der Waals surface area contributed by atoms with Crippen LogP contribution in [0.4, 0.5) is 13.2 Å². The number of benzene rings is 1. The smallest absolute Gasteiger partial charge is 0.422 e. The van der Waals surface area contributed by atoms with Crippen LogP contribution in [0.3, 0.4) is 0 Å². The van der Waals surface area contributed by atoms with Gasteiger partial charge in [-0.25, -0.2) is 18.4 Å². The Hall–Kier alpha value is -2.99. The van der Waals surface area contributed by atoms with Crippen molar-refractivity contribution in [2.24, 2.45) is 0 Å². The Labute approximate surface area is 182 Å². The van der Waals surface area contributed by atoms with Gasteiger partial charge in [0, 0.05) is 19.0 Å². The Bertz CT molecular complexity index is 1260. The number of aromatic nitrogens is 3. The molecule has 0 amide bonds. The van der Waals surface area contributed by atoms with Crippen LogP contribution in [-0.4, -0.2) is 54.3 Å². The van der Waals surface area contributed by atoms with E-state index >= 15 is 0 Å². The minimum Gasteiger partial charge on any atom is -0.484 e. The first kappa shape index (κ1) is 23.7. The second kappa shape index (κ2) is 9.25. The molecule has 2 aromatic heterocycles. The molecule has 3 aromatic rings. The van der Waals surface area contributed by atoms with Crippen LogP contribution in [0.15, 0.2) is 47.4 Å². The normalized spacial score (nSPS) is 13.3. The third-order valence-electron chi connectivity index (χ3n) is 4.48. The summed E-state index contributed by atoms with van der Waals surface area (Å²) in [5, 5.41) is 3.29. The maximum Gasteiger partial charge on any atom is 0.422 e. The van der Waals surface area contributed by atoms with Crippen molar-refractivity contribution in [3.63, 3.8) is 0 Å². The number of ether oxygens (including phenoxy) is 1. The van der Waals surface area contributed by atoms with Crippen LogP contribution in [0.2, 0.25) is 0 Å². The summed E-state index contributed by atoms with van der Waals surface area (Å²) in [7, 11) is -3.19. The molecule has 32 heavy (non-hydrogen) atoms. The van der Waals surface area contributed by atoms with Gasteiger partial charge in [-0.1, -0.05) is 0 Å². The summed E-state index contributed by atoms with van der Waals surface area (Å²) in [6.07, 6.45) is -1.85. The molecule has 172 valence electrons. The number of fused-ring (bicyclic) bond motifs is 1. The Kier molecular flexibility index (Phi) is 6.84. The number of hydrogen-bond donors (Lipinski definition) is 1. The monoisotopic (exact) mass is 470 g/mol. The van der Waals surface area contributed by atoms with Gasteiger partial charge in [-0.05, 0) is 43.3 Å². The highest BCUT2D eigenvalue weighted by Crippen LogP contribution is 2.22. The van der Waals surface area contributed by atoms with E-state index in [-0.39, 0.29) is 34.9 Å². The minimum absolute atomic E-state index is 0.00425. The van der Waals surface area contributed by atoms with Gasteiger partial charge in [0.1, 0.15) is 21.4 Å². The summed E-state index contributed by atoms with van der Waals surface area (Å²) in [5.74, 6) is 0.174. The Morgan fingerprint density at radius 2 is 1.88 bits per heavy atom. The SMILES string of the molecule is CC(NCCS(C)(=O)=O)c1nc2ncccc2c(=O)n1-c1ccc(OCC(F)(F)F)cc1. The number of alkyl halides is 3. The molecular weight excluding hydrogens is 449 g/mol. The molecule has 1 unspecified atom stereocenters. The summed E-state index contributed by atoms with van der Waals surface area (Å²) in [6, 6.07) is 8.18. The Balaban J connectivity index is 2.00. The van der Waals surface area contributed by atoms with Crippen molar-refractivity contribution in [2.75, 3.05) is 25.2 Å². The van der Waals surface area contributed by atoms with E-state index in [9.17, 15) is 26.4 Å². The molecule has 0 aliphatic heterocycles.